The number of nitrogens with zero attached hydrogens (tertiary/aromatic N) is 1. The molecule has 0 radical (unpaired) electrons. The third-order valence-corrected chi connectivity index (χ3v) is 3.66. The molecule has 106 valence electrons. The SMILES string of the molecule is COc1ccc(C(=O)C(C#N)c2ccccc2F)cc1Br. The van der Waals surface area contributed by atoms with Gasteiger partial charge < -0.3 is 4.74 Å². The zero-order valence-corrected chi connectivity index (χ0v) is 12.7. The number of carbonyl (C=O) groups is 1. The lowest BCUT2D eigenvalue weighted by Crippen LogP contribution is -2.13. The van der Waals surface area contributed by atoms with E-state index in [1.165, 1.54) is 25.3 Å². The highest BCUT2D eigenvalue weighted by Gasteiger charge is 2.24. The molecule has 0 aliphatic carbocycles. The fraction of sp³-hybridized carbons (Fsp3) is 0.125. The highest BCUT2D eigenvalue weighted by Crippen LogP contribution is 2.29. The van der Waals surface area contributed by atoms with Crippen molar-refractivity contribution in [2.45, 2.75) is 5.92 Å². The van der Waals surface area contributed by atoms with Crippen LogP contribution in [0.1, 0.15) is 21.8 Å². The van der Waals surface area contributed by atoms with Crippen molar-refractivity contribution in [1.29, 1.82) is 5.26 Å². The molecular weight excluding hydrogens is 337 g/mol. The van der Waals surface area contributed by atoms with Gasteiger partial charge in [-0.2, -0.15) is 5.26 Å². The van der Waals surface area contributed by atoms with Crippen molar-refractivity contribution in [2.75, 3.05) is 7.11 Å². The minimum absolute atomic E-state index is 0.0805. The number of hydrogen-bond donors (Lipinski definition) is 0. The van der Waals surface area contributed by atoms with Gasteiger partial charge in [0.2, 0.25) is 0 Å². The molecule has 2 rings (SSSR count). The summed E-state index contributed by atoms with van der Waals surface area (Å²) in [7, 11) is 1.51. The molecular formula is C16H11BrFNO2. The lowest BCUT2D eigenvalue weighted by molar-refractivity contribution is 0.0977. The molecule has 3 nitrogen and oxygen atoms in total. The van der Waals surface area contributed by atoms with Gasteiger partial charge in [0.05, 0.1) is 17.7 Å². The molecule has 21 heavy (non-hydrogen) atoms. The number of nitriles is 1. The van der Waals surface area contributed by atoms with Crippen LogP contribution in [0.25, 0.3) is 0 Å². The van der Waals surface area contributed by atoms with E-state index in [0.29, 0.717) is 15.8 Å². The Kier molecular flexibility index (Phi) is 4.71. The minimum Gasteiger partial charge on any atom is -0.496 e. The number of ketones is 1. The van der Waals surface area contributed by atoms with Gasteiger partial charge in [-0.25, -0.2) is 4.39 Å². The molecule has 2 aromatic carbocycles. The van der Waals surface area contributed by atoms with Crippen LogP contribution in [-0.2, 0) is 0 Å². The minimum atomic E-state index is -1.17. The summed E-state index contributed by atoms with van der Waals surface area (Å²) in [6, 6.07) is 12.4. The van der Waals surface area contributed by atoms with E-state index in [-0.39, 0.29) is 5.56 Å². The molecule has 0 saturated heterocycles. The van der Waals surface area contributed by atoms with Crippen molar-refractivity contribution in [1.82, 2.24) is 0 Å². The van der Waals surface area contributed by atoms with Crippen LogP contribution < -0.4 is 4.74 Å². The van der Waals surface area contributed by atoms with Gasteiger partial charge in [0.15, 0.2) is 5.78 Å². The average Bonchev–Trinajstić information content (AvgIpc) is 2.49. The van der Waals surface area contributed by atoms with E-state index < -0.39 is 17.5 Å². The largest absolute Gasteiger partial charge is 0.496 e. The average molecular weight is 348 g/mol. The Labute approximate surface area is 130 Å². The van der Waals surface area contributed by atoms with Gasteiger partial charge in [0, 0.05) is 11.1 Å². The van der Waals surface area contributed by atoms with Crippen molar-refractivity contribution in [2.24, 2.45) is 0 Å². The molecule has 0 saturated carbocycles. The van der Waals surface area contributed by atoms with Gasteiger partial charge in [-0.1, -0.05) is 18.2 Å². The number of rotatable bonds is 4. The van der Waals surface area contributed by atoms with Gasteiger partial charge in [0.1, 0.15) is 17.5 Å². The smallest absolute Gasteiger partial charge is 0.184 e. The number of Topliss-reactive ketones (excluding diaryl/α,β-unsaturated/α-hetero) is 1. The molecule has 0 amide bonds. The van der Waals surface area contributed by atoms with Crippen molar-refractivity contribution in [3.63, 3.8) is 0 Å². The van der Waals surface area contributed by atoms with Crippen LogP contribution in [-0.4, -0.2) is 12.9 Å². The Bertz CT molecular complexity index is 724. The van der Waals surface area contributed by atoms with Gasteiger partial charge in [-0.3, -0.25) is 4.79 Å². The third kappa shape index (κ3) is 3.11. The second-order valence-electron chi connectivity index (χ2n) is 4.30. The first kappa shape index (κ1) is 15.2. The monoisotopic (exact) mass is 347 g/mol. The Balaban J connectivity index is 2.40. The van der Waals surface area contributed by atoms with Crippen LogP contribution in [0, 0.1) is 17.1 Å². The number of hydrogen-bond acceptors (Lipinski definition) is 3. The Morgan fingerprint density at radius 3 is 2.62 bits per heavy atom. The zero-order chi connectivity index (χ0) is 15.4. The molecule has 0 aromatic heterocycles. The van der Waals surface area contributed by atoms with Gasteiger partial charge in [0.25, 0.3) is 0 Å². The predicted octanol–water partition coefficient (Wildman–Crippen LogP) is 4.09. The summed E-state index contributed by atoms with van der Waals surface area (Å²) >= 11 is 3.28. The van der Waals surface area contributed by atoms with E-state index in [1.54, 1.807) is 24.3 Å². The molecule has 1 atom stereocenters. The molecule has 5 heteroatoms. The van der Waals surface area contributed by atoms with Crippen molar-refractivity contribution < 1.29 is 13.9 Å². The molecule has 0 aliphatic heterocycles. The van der Waals surface area contributed by atoms with E-state index in [2.05, 4.69) is 15.9 Å². The van der Waals surface area contributed by atoms with E-state index in [0.717, 1.165) is 0 Å². The highest BCUT2D eigenvalue weighted by atomic mass is 79.9. The Morgan fingerprint density at radius 2 is 2.05 bits per heavy atom. The second kappa shape index (κ2) is 6.51. The maximum atomic E-state index is 13.8. The molecule has 0 heterocycles. The first-order chi connectivity index (χ1) is 10.1. The molecule has 2 aromatic rings. The van der Waals surface area contributed by atoms with E-state index >= 15 is 0 Å². The van der Waals surface area contributed by atoms with Crippen LogP contribution in [0.4, 0.5) is 4.39 Å². The summed E-state index contributed by atoms with van der Waals surface area (Å²) < 4.78 is 19.5. The van der Waals surface area contributed by atoms with E-state index in [9.17, 15) is 14.4 Å². The maximum Gasteiger partial charge on any atom is 0.184 e. The molecule has 0 bridgehead atoms. The van der Waals surface area contributed by atoms with Crippen molar-refractivity contribution in [3.8, 4) is 11.8 Å². The highest BCUT2D eigenvalue weighted by molar-refractivity contribution is 9.10. The van der Waals surface area contributed by atoms with Gasteiger partial charge in [-0.15, -0.1) is 0 Å². The fourth-order valence-electron chi connectivity index (χ4n) is 1.96. The molecule has 1 unspecified atom stereocenters. The lowest BCUT2D eigenvalue weighted by Gasteiger charge is -2.11. The van der Waals surface area contributed by atoms with Gasteiger partial charge in [-0.05, 0) is 40.2 Å². The topological polar surface area (TPSA) is 50.1 Å². The van der Waals surface area contributed by atoms with Crippen LogP contribution in [0.15, 0.2) is 46.9 Å². The molecule has 0 N–H and O–H groups in total. The third-order valence-electron chi connectivity index (χ3n) is 3.04. The number of halogens is 2. The second-order valence-corrected chi connectivity index (χ2v) is 5.15. The zero-order valence-electron chi connectivity index (χ0n) is 11.1. The predicted molar refractivity (Wildman–Crippen MR) is 79.8 cm³/mol. The number of ether oxygens (including phenoxy) is 1. The summed E-state index contributed by atoms with van der Waals surface area (Å²) in [6.45, 7) is 0. The van der Waals surface area contributed by atoms with Crippen molar-refractivity contribution in [3.05, 3.63) is 63.9 Å². The van der Waals surface area contributed by atoms with Crippen LogP contribution in [0.3, 0.4) is 0 Å². The van der Waals surface area contributed by atoms with E-state index in [4.69, 9.17) is 4.74 Å². The first-order valence-electron chi connectivity index (χ1n) is 6.10. The summed E-state index contributed by atoms with van der Waals surface area (Å²) in [5, 5.41) is 9.23. The fourth-order valence-corrected chi connectivity index (χ4v) is 2.51. The number of carbonyl (C=O) groups excluding carboxylic acids is 1. The summed E-state index contributed by atoms with van der Waals surface area (Å²) in [5.41, 5.74) is 0.398. The normalized spacial score (nSPS) is 11.5. The van der Waals surface area contributed by atoms with Crippen LogP contribution in [0.2, 0.25) is 0 Å². The number of methoxy groups -OCH3 is 1. The summed E-state index contributed by atoms with van der Waals surface area (Å²) in [4.78, 5) is 12.4. The summed E-state index contributed by atoms with van der Waals surface area (Å²) in [6.07, 6.45) is 0. The van der Waals surface area contributed by atoms with Gasteiger partial charge >= 0.3 is 0 Å². The molecule has 0 fully saturated rings. The Morgan fingerprint density at radius 1 is 1.33 bits per heavy atom. The standard InChI is InChI=1S/C16H11BrFNO2/c1-21-15-7-6-10(8-13(15)17)16(20)12(9-19)11-4-2-3-5-14(11)18/h2-8,12H,1H3. The van der Waals surface area contributed by atoms with E-state index in [1.807, 2.05) is 6.07 Å². The van der Waals surface area contributed by atoms with Crippen LogP contribution in [0.5, 0.6) is 5.75 Å². The lowest BCUT2D eigenvalue weighted by atomic mass is 9.91. The quantitative estimate of drug-likeness (QED) is 0.782. The number of benzene rings is 2. The van der Waals surface area contributed by atoms with Crippen LogP contribution >= 0.6 is 15.9 Å². The maximum absolute atomic E-state index is 13.8. The first-order valence-corrected chi connectivity index (χ1v) is 6.89. The Hall–Kier alpha value is -2.19. The van der Waals surface area contributed by atoms with Crippen molar-refractivity contribution >= 4 is 21.7 Å². The molecule has 0 aliphatic rings. The molecule has 0 spiro atoms. The summed E-state index contributed by atoms with van der Waals surface area (Å²) in [5.74, 6) is -1.62.